The maximum atomic E-state index is 9.29. The first kappa shape index (κ1) is 7.24. The molecule has 0 bridgehead atoms. The Kier molecular flexibility index (Phi) is 2.03. The Hall–Kier alpha value is -0.870. The van der Waals surface area contributed by atoms with Crippen LogP contribution in [0.4, 0.5) is 0 Å². The van der Waals surface area contributed by atoms with Gasteiger partial charge in [-0.25, -0.2) is 4.98 Å². The van der Waals surface area contributed by atoms with Gasteiger partial charge >= 0.3 is 0 Å². The second-order valence-corrected chi connectivity index (χ2v) is 2.31. The molecule has 0 saturated carbocycles. The summed E-state index contributed by atoms with van der Waals surface area (Å²) in [5, 5.41) is 9.29. The largest absolute Gasteiger partial charge is 0.385 e. The zero-order valence-corrected chi connectivity index (χ0v) is 5.78. The minimum absolute atomic E-state index is 0.263. The van der Waals surface area contributed by atoms with Gasteiger partial charge in [-0.1, -0.05) is 0 Å². The SMILES string of the molecule is CC(N)C(O)c1cnc[nH]1. The van der Waals surface area contributed by atoms with E-state index in [4.69, 9.17) is 5.73 Å². The number of hydrogen-bond donors (Lipinski definition) is 3. The molecule has 0 fully saturated rings. The third kappa shape index (κ3) is 1.34. The van der Waals surface area contributed by atoms with Crippen LogP contribution in [0.3, 0.4) is 0 Å². The molecule has 0 radical (unpaired) electrons. The summed E-state index contributed by atoms with van der Waals surface area (Å²) in [6.07, 6.45) is 2.44. The number of H-pyrrole nitrogens is 1. The zero-order valence-electron chi connectivity index (χ0n) is 5.78. The van der Waals surface area contributed by atoms with Crippen molar-refractivity contribution in [3.8, 4) is 0 Å². The highest BCUT2D eigenvalue weighted by molar-refractivity contribution is 5.01. The third-order valence-corrected chi connectivity index (χ3v) is 1.34. The zero-order chi connectivity index (χ0) is 7.56. The van der Waals surface area contributed by atoms with Gasteiger partial charge in [0.25, 0.3) is 0 Å². The van der Waals surface area contributed by atoms with Crippen molar-refractivity contribution in [2.24, 2.45) is 5.73 Å². The monoisotopic (exact) mass is 141 g/mol. The van der Waals surface area contributed by atoms with Gasteiger partial charge in [-0.15, -0.1) is 0 Å². The Morgan fingerprint density at radius 2 is 2.50 bits per heavy atom. The van der Waals surface area contributed by atoms with E-state index >= 15 is 0 Å². The average Bonchev–Trinajstić information content (AvgIpc) is 2.36. The summed E-state index contributed by atoms with van der Waals surface area (Å²) >= 11 is 0. The summed E-state index contributed by atoms with van der Waals surface area (Å²) in [7, 11) is 0. The lowest BCUT2D eigenvalue weighted by Gasteiger charge is -2.11. The number of hydrogen-bond acceptors (Lipinski definition) is 3. The number of imidazole rings is 1. The van der Waals surface area contributed by atoms with Crippen LogP contribution in [-0.2, 0) is 0 Å². The fourth-order valence-corrected chi connectivity index (χ4v) is 0.712. The van der Waals surface area contributed by atoms with Gasteiger partial charge in [-0.3, -0.25) is 0 Å². The van der Waals surface area contributed by atoms with Crippen molar-refractivity contribution < 1.29 is 5.11 Å². The van der Waals surface area contributed by atoms with Crippen LogP contribution in [0.25, 0.3) is 0 Å². The van der Waals surface area contributed by atoms with E-state index in [2.05, 4.69) is 9.97 Å². The molecular formula is C6H11N3O. The summed E-state index contributed by atoms with van der Waals surface area (Å²) in [4.78, 5) is 6.53. The topological polar surface area (TPSA) is 74.9 Å². The summed E-state index contributed by atoms with van der Waals surface area (Å²) in [6, 6.07) is -0.263. The third-order valence-electron chi connectivity index (χ3n) is 1.34. The molecule has 1 rings (SSSR count). The van der Waals surface area contributed by atoms with E-state index in [0.29, 0.717) is 5.69 Å². The summed E-state index contributed by atoms with van der Waals surface area (Å²) in [5.74, 6) is 0. The van der Waals surface area contributed by atoms with Crippen LogP contribution in [0, 0.1) is 0 Å². The Labute approximate surface area is 59.1 Å². The molecule has 0 spiro atoms. The van der Waals surface area contributed by atoms with E-state index in [-0.39, 0.29) is 6.04 Å². The van der Waals surface area contributed by atoms with Crippen molar-refractivity contribution in [3.05, 3.63) is 18.2 Å². The standard InChI is InChI=1S/C6H11N3O/c1-4(7)6(10)5-2-8-3-9-5/h2-4,6,10H,7H2,1H3,(H,8,9). The lowest BCUT2D eigenvalue weighted by Crippen LogP contribution is -2.24. The molecule has 4 heteroatoms. The highest BCUT2D eigenvalue weighted by Crippen LogP contribution is 2.10. The number of nitrogens with zero attached hydrogens (tertiary/aromatic N) is 1. The molecule has 0 saturated heterocycles. The number of nitrogens with two attached hydrogens (primary N) is 1. The first-order valence-electron chi connectivity index (χ1n) is 3.13. The van der Waals surface area contributed by atoms with Crippen molar-refractivity contribution in [3.63, 3.8) is 0 Å². The average molecular weight is 141 g/mol. The number of aromatic nitrogens is 2. The normalized spacial score (nSPS) is 16.7. The van der Waals surface area contributed by atoms with Crippen LogP contribution in [0.1, 0.15) is 18.7 Å². The molecule has 1 aromatic rings. The minimum Gasteiger partial charge on any atom is -0.385 e. The molecule has 10 heavy (non-hydrogen) atoms. The Balaban J connectivity index is 2.68. The number of aliphatic hydroxyl groups excluding tert-OH is 1. The fourth-order valence-electron chi connectivity index (χ4n) is 0.712. The molecule has 0 amide bonds. The first-order valence-corrected chi connectivity index (χ1v) is 3.13. The molecule has 2 unspecified atom stereocenters. The van der Waals surface area contributed by atoms with Crippen LogP contribution in [0.15, 0.2) is 12.5 Å². The van der Waals surface area contributed by atoms with Crippen molar-refractivity contribution in [1.82, 2.24) is 9.97 Å². The molecule has 1 aromatic heterocycles. The molecular weight excluding hydrogens is 130 g/mol. The fraction of sp³-hybridized carbons (Fsp3) is 0.500. The number of aliphatic hydroxyl groups is 1. The lowest BCUT2D eigenvalue weighted by molar-refractivity contribution is 0.149. The van der Waals surface area contributed by atoms with Crippen molar-refractivity contribution >= 4 is 0 Å². The Morgan fingerprint density at radius 1 is 1.80 bits per heavy atom. The number of aromatic amines is 1. The van der Waals surface area contributed by atoms with E-state index in [1.807, 2.05) is 0 Å². The lowest BCUT2D eigenvalue weighted by atomic mass is 10.1. The van der Waals surface area contributed by atoms with E-state index in [9.17, 15) is 5.11 Å². The maximum Gasteiger partial charge on any atom is 0.110 e. The van der Waals surface area contributed by atoms with Gasteiger partial charge in [0.05, 0.1) is 18.2 Å². The maximum absolute atomic E-state index is 9.29. The van der Waals surface area contributed by atoms with Crippen LogP contribution >= 0.6 is 0 Å². The summed E-state index contributed by atoms with van der Waals surface area (Å²) < 4.78 is 0. The molecule has 2 atom stereocenters. The Morgan fingerprint density at radius 3 is 2.90 bits per heavy atom. The molecule has 0 aliphatic carbocycles. The van der Waals surface area contributed by atoms with E-state index in [1.165, 1.54) is 6.33 Å². The summed E-state index contributed by atoms with van der Waals surface area (Å²) in [6.45, 7) is 1.74. The van der Waals surface area contributed by atoms with Gasteiger partial charge < -0.3 is 15.8 Å². The van der Waals surface area contributed by atoms with Gasteiger partial charge in [-0.2, -0.15) is 0 Å². The predicted molar refractivity (Wildman–Crippen MR) is 37.2 cm³/mol. The smallest absolute Gasteiger partial charge is 0.110 e. The van der Waals surface area contributed by atoms with Gasteiger partial charge in [0.2, 0.25) is 0 Å². The van der Waals surface area contributed by atoms with E-state index < -0.39 is 6.10 Å². The van der Waals surface area contributed by atoms with Crippen molar-refractivity contribution in [2.75, 3.05) is 0 Å². The number of rotatable bonds is 2. The van der Waals surface area contributed by atoms with Crippen LogP contribution in [0.2, 0.25) is 0 Å². The van der Waals surface area contributed by atoms with E-state index in [1.54, 1.807) is 13.1 Å². The summed E-state index contributed by atoms with van der Waals surface area (Å²) in [5.41, 5.74) is 6.09. The van der Waals surface area contributed by atoms with Gasteiger partial charge in [0.1, 0.15) is 6.10 Å². The van der Waals surface area contributed by atoms with Crippen LogP contribution in [-0.4, -0.2) is 21.1 Å². The molecule has 0 aliphatic heterocycles. The second kappa shape index (κ2) is 2.81. The van der Waals surface area contributed by atoms with Gasteiger partial charge in [0.15, 0.2) is 0 Å². The second-order valence-electron chi connectivity index (χ2n) is 2.31. The van der Waals surface area contributed by atoms with Crippen LogP contribution in [0.5, 0.6) is 0 Å². The first-order chi connectivity index (χ1) is 4.72. The van der Waals surface area contributed by atoms with Gasteiger partial charge in [0, 0.05) is 6.04 Å². The quantitative estimate of drug-likeness (QED) is 0.533. The highest BCUT2D eigenvalue weighted by Gasteiger charge is 2.12. The van der Waals surface area contributed by atoms with E-state index in [0.717, 1.165) is 0 Å². The van der Waals surface area contributed by atoms with Gasteiger partial charge in [-0.05, 0) is 6.92 Å². The molecule has 4 nitrogen and oxygen atoms in total. The highest BCUT2D eigenvalue weighted by atomic mass is 16.3. The Bertz CT molecular complexity index is 183. The number of nitrogens with one attached hydrogen (secondary N) is 1. The van der Waals surface area contributed by atoms with Crippen molar-refractivity contribution in [2.45, 2.75) is 19.1 Å². The van der Waals surface area contributed by atoms with Crippen molar-refractivity contribution in [1.29, 1.82) is 0 Å². The van der Waals surface area contributed by atoms with Crippen LogP contribution < -0.4 is 5.73 Å². The molecule has 56 valence electrons. The minimum atomic E-state index is -0.637. The molecule has 0 aromatic carbocycles. The predicted octanol–water partition coefficient (Wildman–Crippen LogP) is -0.210. The molecule has 4 N–H and O–H groups in total. The molecule has 0 aliphatic rings. The molecule has 1 heterocycles.